The van der Waals surface area contributed by atoms with Gasteiger partial charge in [-0.05, 0) is 24.7 Å². The van der Waals surface area contributed by atoms with Crippen LogP contribution in [0.15, 0.2) is 35.1 Å². The standard InChI is InChI=1S/C15H17N5O/c1-3-16-9-10(2)15-19-14(20-21-15)11-4-5-12-13(8-11)18-7-6-17-12/h4-8,10,16H,3,9H2,1-2H3. The maximum atomic E-state index is 5.35. The van der Waals surface area contributed by atoms with Gasteiger partial charge in [0.05, 0.1) is 11.0 Å². The Hall–Kier alpha value is -2.34. The summed E-state index contributed by atoms with van der Waals surface area (Å²) in [6.07, 6.45) is 3.35. The van der Waals surface area contributed by atoms with Crippen LogP contribution in [0.5, 0.6) is 0 Å². The highest BCUT2D eigenvalue weighted by atomic mass is 16.5. The van der Waals surface area contributed by atoms with Crippen molar-refractivity contribution in [2.24, 2.45) is 0 Å². The lowest BCUT2D eigenvalue weighted by molar-refractivity contribution is 0.355. The fourth-order valence-electron chi connectivity index (χ4n) is 2.10. The lowest BCUT2D eigenvalue weighted by Gasteiger charge is -2.05. The Morgan fingerprint density at radius 3 is 2.81 bits per heavy atom. The van der Waals surface area contributed by atoms with E-state index < -0.39 is 0 Å². The smallest absolute Gasteiger partial charge is 0.231 e. The summed E-state index contributed by atoms with van der Waals surface area (Å²) in [4.78, 5) is 13.0. The highest BCUT2D eigenvalue weighted by Crippen LogP contribution is 2.22. The van der Waals surface area contributed by atoms with Gasteiger partial charge in [-0.25, -0.2) is 0 Å². The number of hydrogen-bond acceptors (Lipinski definition) is 6. The van der Waals surface area contributed by atoms with E-state index in [1.807, 2.05) is 18.2 Å². The lowest BCUT2D eigenvalue weighted by atomic mass is 10.1. The van der Waals surface area contributed by atoms with Gasteiger partial charge in [0, 0.05) is 30.4 Å². The first-order valence-corrected chi connectivity index (χ1v) is 7.03. The zero-order chi connectivity index (χ0) is 14.7. The summed E-state index contributed by atoms with van der Waals surface area (Å²) in [6, 6.07) is 5.77. The van der Waals surface area contributed by atoms with Crippen molar-refractivity contribution in [2.75, 3.05) is 13.1 Å². The number of benzene rings is 1. The maximum absolute atomic E-state index is 5.35. The van der Waals surface area contributed by atoms with Gasteiger partial charge in [-0.2, -0.15) is 4.98 Å². The summed E-state index contributed by atoms with van der Waals surface area (Å²) in [7, 11) is 0. The van der Waals surface area contributed by atoms with Gasteiger partial charge in [0.2, 0.25) is 11.7 Å². The molecule has 1 N–H and O–H groups in total. The average Bonchev–Trinajstić information content (AvgIpc) is 3.02. The van der Waals surface area contributed by atoms with Crippen LogP contribution < -0.4 is 5.32 Å². The molecule has 1 unspecified atom stereocenters. The average molecular weight is 283 g/mol. The highest BCUT2D eigenvalue weighted by molar-refractivity contribution is 5.79. The second kappa shape index (κ2) is 5.97. The molecule has 1 aromatic carbocycles. The predicted octanol–water partition coefficient (Wildman–Crippen LogP) is 2.39. The third-order valence-electron chi connectivity index (χ3n) is 3.29. The molecule has 3 rings (SSSR count). The van der Waals surface area contributed by atoms with E-state index in [0.717, 1.165) is 29.7 Å². The summed E-state index contributed by atoms with van der Waals surface area (Å²) in [6.45, 7) is 5.88. The van der Waals surface area contributed by atoms with Gasteiger partial charge < -0.3 is 9.84 Å². The van der Waals surface area contributed by atoms with E-state index in [0.29, 0.717) is 11.7 Å². The summed E-state index contributed by atoms with van der Waals surface area (Å²) >= 11 is 0. The second-order valence-electron chi connectivity index (χ2n) is 4.92. The van der Waals surface area contributed by atoms with Crippen LogP contribution in [0.1, 0.15) is 25.7 Å². The van der Waals surface area contributed by atoms with Crippen LogP contribution in [0.2, 0.25) is 0 Å². The Morgan fingerprint density at radius 2 is 2.00 bits per heavy atom. The minimum atomic E-state index is 0.187. The van der Waals surface area contributed by atoms with Gasteiger partial charge >= 0.3 is 0 Å². The van der Waals surface area contributed by atoms with Crippen LogP contribution in [0.25, 0.3) is 22.4 Å². The molecular weight excluding hydrogens is 266 g/mol. The Labute approximate surface area is 122 Å². The Bertz CT molecular complexity index is 740. The van der Waals surface area contributed by atoms with Crippen molar-refractivity contribution in [1.29, 1.82) is 0 Å². The molecule has 21 heavy (non-hydrogen) atoms. The molecule has 0 fully saturated rings. The number of nitrogens with one attached hydrogen (secondary N) is 1. The number of fused-ring (bicyclic) bond motifs is 1. The van der Waals surface area contributed by atoms with Crippen molar-refractivity contribution in [3.8, 4) is 11.4 Å². The maximum Gasteiger partial charge on any atom is 0.231 e. The molecule has 0 bridgehead atoms. The third-order valence-corrected chi connectivity index (χ3v) is 3.29. The quantitative estimate of drug-likeness (QED) is 0.774. The molecule has 6 heteroatoms. The van der Waals surface area contributed by atoms with Crippen molar-refractivity contribution in [3.05, 3.63) is 36.5 Å². The normalized spacial score (nSPS) is 12.7. The Kier molecular flexibility index (Phi) is 3.87. The topological polar surface area (TPSA) is 76.7 Å². The zero-order valence-corrected chi connectivity index (χ0v) is 12.1. The van der Waals surface area contributed by atoms with Gasteiger partial charge in [0.1, 0.15) is 0 Å². The van der Waals surface area contributed by atoms with Crippen LogP contribution in [-0.2, 0) is 0 Å². The van der Waals surface area contributed by atoms with Crippen molar-refractivity contribution >= 4 is 11.0 Å². The van der Waals surface area contributed by atoms with Crippen LogP contribution in [-0.4, -0.2) is 33.2 Å². The second-order valence-corrected chi connectivity index (χ2v) is 4.92. The summed E-state index contributed by atoms with van der Waals surface area (Å²) in [5.41, 5.74) is 2.56. The SMILES string of the molecule is CCNCC(C)c1nc(-c2ccc3nccnc3c2)no1. The number of aromatic nitrogens is 4. The monoisotopic (exact) mass is 283 g/mol. The molecule has 0 saturated carbocycles. The third kappa shape index (κ3) is 2.90. The van der Waals surface area contributed by atoms with Crippen LogP contribution in [0.4, 0.5) is 0 Å². The van der Waals surface area contributed by atoms with Gasteiger partial charge in [-0.3, -0.25) is 9.97 Å². The molecule has 108 valence electrons. The van der Waals surface area contributed by atoms with Crippen LogP contribution >= 0.6 is 0 Å². The lowest BCUT2D eigenvalue weighted by Crippen LogP contribution is -2.19. The summed E-state index contributed by atoms with van der Waals surface area (Å²) in [5, 5.41) is 7.33. The predicted molar refractivity (Wildman–Crippen MR) is 79.8 cm³/mol. The van der Waals surface area contributed by atoms with Crippen LogP contribution in [0, 0.1) is 0 Å². The van der Waals surface area contributed by atoms with Gasteiger partial charge in [-0.1, -0.05) is 19.0 Å². The molecule has 1 atom stereocenters. The number of rotatable bonds is 5. The minimum absolute atomic E-state index is 0.187. The first-order chi connectivity index (χ1) is 10.3. The van der Waals surface area contributed by atoms with Crippen molar-refractivity contribution < 1.29 is 4.52 Å². The van der Waals surface area contributed by atoms with E-state index in [2.05, 4.69) is 39.3 Å². The van der Waals surface area contributed by atoms with Crippen LogP contribution in [0.3, 0.4) is 0 Å². The summed E-state index contributed by atoms with van der Waals surface area (Å²) < 4.78 is 5.35. The fourth-order valence-corrected chi connectivity index (χ4v) is 2.10. The van der Waals surface area contributed by atoms with Crippen molar-refractivity contribution in [3.63, 3.8) is 0 Å². The molecule has 0 radical (unpaired) electrons. The molecule has 0 spiro atoms. The number of hydrogen-bond donors (Lipinski definition) is 1. The molecule has 2 aromatic heterocycles. The molecular formula is C15H17N5O. The van der Waals surface area contributed by atoms with E-state index in [9.17, 15) is 0 Å². The van der Waals surface area contributed by atoms with Crippen molar-refractivity contribution in [2.45, 2.75) is 19.8 Å². The van der Waals surface area contributed by atoms with E-state index in [1.165, 1.54) is 0 Å². The van der Waals surface area contributed by atoms with E-state index >= 15 is 0 Å². The molecule has 0 aliphatic rings. The highest BCUT2D eigenvalue weighted by Gasteiger charge is 2.15. The number of likely N-dealkylation sites (N-methyl/N-ethyl adjacent to an activating group) is 1. The molecule has 2 heterocycles. The molecule has 0 aliphatic carbocycles. The van der Waals surface area contributed by atoms with Gasteiger partial charge in [-0.15, -0.1) is 0 Å². The Morgan fingerprint density at radius 1 is 1.19 bits per heavy atom. The fraction of sp³-hybridized carbons (Fsp3) is 0.333. The molecule has 0 saturated heterocycles. The zero-order valence-electron chi connectivity index (χ0n) is 12.1. The number of nitrogens with zero attached hydrogens (tertiary/aromatic N) is 4. The largest absolute Gasteiger partial charge is 0.339 e. The van der Waals surface area contributed by atoms with Gasteiger partial charge in [0.15, 0.2) is 0 Å². The molecule has 0 aliphatic heterocycles. The van der Waals surface area contributed by atoms with E-state index in [4.69, 9.17) is 4.52 Å². The summed E-state index contributed by atoms with van der Waals surface area (Å²) in [5.74, 6) is 1.41. The first kappa shape index (κ1) is 13.6. The van der Waals surface area contributed by atoms with Gasteiger partial charge in [0.25, 0.3) is 0 Å². The Balaban J connectivity index is 1.87. The first-order valence-electron chi connectivity index (χ1n) is 7.03. The molecule has 0 amide bonds. The minimum Gasteiger partial charge on any atom is -0.339 e. The van der Waals surface area contributed by atoms with Crippen molar-refractivity contribution in [1.82, 2.24) is 25.4 Å². The van der Waals surface area contributed by atoms with E-state index in [-0.39, 0.29) is 5.92 Å². The molecule has 6 nitrogen and oxygen atoms in total. The van der Waals surface area contributed by atoms with E-state index in [1.54, 1.807) is 12.4 Å². The molecule has 3 aromatic rings.